The standard InChI is InChI=1S/C9H20N2O/c1-7(2)8(10)9(12)11-5-3-4-6-11/h7-9,12H,3-6,10H2,1-2H3. The van der Waals surface area contributed by atoms with Gasteiger partial charge in [0.25, 0.3) is 0 Å². The topological polar surface area (TPSA) is 49.5 Å². The van der Waals surface area contributed by atoms with Gasteiger partial charge >= 0.3 is 0 Å². The quantitative estimate of drug-likeness (QED) is 0.647. The van der Waals surface area contributed by atoms with Gasteiger partial charge in [-0.15, -0.1) is 0 Å². The van der Waals surface area contributed by atoms with Crippen molar-refractivity contribution in [2.45, 2.75) is 39.0 Å². The Labute approximate surface area is 74.5 Å². The summed E-state index contributed by atoms with van der Waals surface area (Å²) in [6.07, 6.45) is 1.96. The Morgan fingerprint density at radius 1 is 1.25 bits per heavy atom. The van der Waals surface area contributed by atoms with Crippen LogP contribution in [0.2, 0.25) is 0 Å². The van der Waals surface area contributed by atoms with Gasteiger partial charge in [0.05, 0.1) is 0 Å². The van der Waals surface area contributed by atoms with Crippen LogP contribution in [0.1, 0.15) is 26.7 Å². The predicted molar refractivity (Wildman–Crippen MR) is 49.6 cm³/mol. The highest BCUT2D eigenvalue weighted by molar-refractivity contribution is 4.78. The summed E-state index contributed by atoms with van der Waals surface area (Å²) in [5.74, 6) is 0.348. The molecule has 1 saturated heterocycles. The van der Waals surface area contributed by atoms with E-state index in [-0.39, 0.29) is 6.04 Å². The van der Waals surface area contributed by atoms with Crippen LogP contribution < -0.4 is 5.73 Å². The van der Waals surface area contributed by atoms with E-state index < -0.39 is 6.23 Å². The maximum atomic E-state index is 9.79. The molecule has 0 radical (unpaired) electrons. The number of aliphatic hydroxyl groups excluding tert-OH is 1. The van der Waals surface area contributed by atoms with Gasteiger partial charge in [0.15, 0.2) is 0 Å². The van der Waals surface area contributed by atoms with Crippen LogP contribution in [0.4, 0.5) is 0 Å². The van der Waals surface area contributed by atoms with Crippen molar-refractivity contribution in [3.8, 4) is 0 Å². The molecule has 0 spiro atoms. The van der Waals surface area contributed by atoms with Crippen LogP contribution in [0.15, 0.2) is 0 Å². The van der Waals surface area contributed by atoms with E-state index in [0.29, 0.717) is 5.92 Å². The van der Waals surface area contributed by atoms with E-state index in [4.69, 9.17) is 5.73 Å². The Kier molecular flexibility index (Phi) is 3.50. The number of nitrogens with zero attached hydrogens (tertiary/aromatic N) is 1. The second-order valence-electron chi connectivity index (χ2n) is 3.98. The van der Waals surface area contributed by atoms with Crippen LogP contribution in [0, 0.1) is 5.92 Å². The zero-order valence-electron chi connectivity index (χ0n) is 8.03. The lowest BCUT2D eigenvalue weighted by atomic mass is 10.0. The number of aliphatic hydroxyl groups is 1. The molecule has 1 fully saturated rings. The largest absolute Gasteiger partial charge is 0.377 e. The summed E-state index contributed by atoms with van der Waals surface area (Å²) < 4.78 is 0. The number of hydrogen-bond acceptors (Lipinski definition) is 3. The second-order valence-corrected chi connectivity index (χ2v) is 3.98. The van der Waals surface area contributed by atoms with Crippen LogP contribution in [0.3, 0.4) is 0 Å². The minimum Gasteiger partial charge on any atom is -0.377 e. The molecule has 0 aromatic carbocycles. The minimum atomic E-state index is -0.438. The van der Waals surface area contributed by atoms with Gasteiger partial charge < -0.3 is 10.8 Å². The van der Waals surface area contributed by atoms with Crippen molar-refractivity contribution in [2.24, 2.45) is 11.7 Å². The van der Waals surface area contributed by atoms with Gasteiger partial charge in [-0.25, -0.2) is 0 Å². The van der Waals surface area contributed by atoms with Crippen molar-refractivity contribution in [3.05, 3.63) is 0 Å². The van der Waals surface area contributed by atoms with Crippen LogP contribution in [-0.4, -0.2) is 35.4 Å². The molecule has 3 heteroatoms. The van der Waals surface area contributed by atoms with Gasteiger partial charge in [-0.2, -0.15) is 0 Å². The smallest absolute Gasteiger partial charge is 0.122 e. The van der Waals surface area contributed by atoms with Crippen molar-refractivity contribution >= 4 is 0 Å². The van der Waals surface area contributed by atoms with E-state index >= 15 is 0 Å². The Hall–Kier alpha value is -0.120. The molecular formula is C9H20N2O. The van der Waals surface area contributed by atoms with Crippen molar-refractivity contribution in [3.63, 3.8) is 0 Å². The van der Waals surface area contributed by atoms with E-state index in [1.54, 1.807) is 0 Å². The third kappa shape index (κ3) is 2.19. The molecule has 2 unspecified atom stereocenters. The Morgan fingerprint density at radius 2 is 1.75 bits per heavy atom. The normalized spacial score (nSPS) is 24.8. The second kappa shape index (κ2) is 4.21. The van der Waals surface area contributed by atoms with E-state index in [9.17, 15) is 5.11 Å². The highest BCUT2D eigenvalue weighted by Crippen LogP contribution is 2.14. The molecule has 12 heavy (non-hydrogen) atoms. The molecule has 1 heterocycles. The number of likely N-dealkylation sites (tertiary alicyclic amines) is 1. The predicted octanol–water partition coefficient (Wildman–Crippen LogP) is 0.384. The molecule has 2 atom stereocenters. The molecule has 0 aliphatic carbocycles. The van der Waals surface area contributed by atoms with Gasteiger partial charge in [0.2, 0.25) is 0 Å². The van der Waals surface area contributed by atoms with Gasteiger partial charge in [-0.1, -0.05) is 13.8 Å². The lowest BCUT2D eigenvalue weighted by Crippen LogP contribution is -2.49. The van der Waals surface area contributed by atoms with Gasteiger partial charge in [0.1, 0.15) is 6.23 Å². The summed E-state index contributed by atoms with van der Waals surface area (Å²) in [4.78, 5) is 2.07. The van der Waals surface area contributed by atoms with Crippen molar-refractivity contribution in [2.75, 3.05) is 13.1 Å². The first-order valence-electron chi connectivity index (χ1n) is 4.80. The summed E-state index contributed by atoms with van der Waals surface area (Å²) in [7, 11) is 0. The Bertz CT molecular complexity index is 130. The van der Waals surface area contributed by atoms with Crippen LogP contribution in [-0.2, 0) is 0 Å². The fraction of sp³-hybridized carbons (Fsp3) is 1.00. The van der Waals surface area contributed by atoms with Crippen molar-refractivity contribution in [1.29, 1.82) is 0 Å². The monoisotopic (exact) mass is 172 g/mol. The molecule has 0 bridgehead atoms. The first-order chi connectivity index (χ1) is 5.63. The fourth-order valence-corrected chi connectivity index (χ4v) is 1.59. The first-order valence-corrected chi connectivity index (χ1v) is 4.80. The molecule has 3 nitrogen and oxygen atoms in total. The van der Waals surface area contributed by atoms with E-state index in [0.717, 1.165) is 13.1 Å². The van der Waals surface area contributed by atoms with E-state index in [1.807, 2.05) is 13.8 Å². The number of hydrogen-bond donors (Lipinski definition) is 2. The maximum absolute atomic E-state index is 9.79. The van der Waals surface area contributed by atoms with Crippen LogP contribution in [0.25, 0.3) is 0 Å². The summed E-state index contributed by atoms with van der Waals surface area (Å²) >= 11 is 0. The van der Waals surface area contributed by atoms with E-state index in [1.165, 1.54) is 12.8 Å². The molecule has 0 amide bonds. The van der Waals surface area contributed by atoms with Crippen molar-refractivity contribution < 1.29 is 5.11 Å². The molecule has 1 aliphatic heterocycles. The highest BCUT2D eigenvalue weighted by atomic mass is 16.3. The molecule has 0 aromatic heterocycles. The minimum absolute atomic E-state index is 0.108. The van der Waals surface area contributed by atoms with Gasteiger partial charge in [0, 0.05) is 19.1 Å². The highest BCUT2D eigenvalue weighted by Gasteiger charge is 2.26. The Morgan fingerprint density at radius 3 is 2.17 bits per heavy atom. The zero-order chi connectivity index (χ0) is 9.14. The third-order valence-electron chi connectivity index (χ3n) is 2.63. The third-order valence-corrected chi connectivity index (χ3v) is 2.63. The zero-order valence-corrected chi connectivity index (χ0v) is 8.03. The molecule has 0 saturated carbocycles. The van der Waals surface area contributed by atoms with Crippen LogP contribution in [0.5, 0.6) is 0 Å². The summed E-state index contributed by atoms with van der Waals surface area (Å²) in [5, 5.41) is 9.79. The fourth-order valence-electron chi connectivity index (χ4n) is 1.59. The first kappa shape index (κ1) is 9.96. The van der Waals surface area contributed by atoms with Gasteiger partial charge in [-0.3, -0.25) is 4.90 Å². The Balaban J connectivity index is 2.39. The molecule has 72 valence electrons. The van der Waals surface area contributed by atoms with E-state index in [2.05, 4.69) is 4.90 Å². The summed E-state index contributed by atoms with van der Waals surface area (Å²) in [5.41, 5.74) is 5.85. The maximum Gasteiger partial charge on any atom is 0.122 e. The number of nitrogens with two attached hydrogens (primary N) is 1. The molecule has 1 aliphatic rings. The lowest BCUT2D eigenvalue weighted by Gasteiger charge is -2.29. The average Bonchev–Trinajstić information content (AvgIpc) is 2.53. The van der Waals surface area contributed by atoms with Gasteiger partial charge in [-0.05, 0) is 18.8 Å². The molecule has 0 aromatic rings. The summed E-state index contributed by atoms with van der Waals surface area (Å²) in [6.45, 7) is 6.09. The summed E-state index contributed by atoms with van der Waals surface area (Å²) in [6, 6.07) is -0.108. The molecular weight excluding hydrogens is 152 g/mol. The molecule has 3 N–H and O–H groups in total. The van der Waals surface area contributed by atoms with Crippen molar-refractivity contribution in [1.82, 2.24) is 4.90 Å². The lowest BCUT2D eigenvalue weighted by molar-refractivity contribution is -0.0109. The number of rotatable bonds is 3. The average molecular weight is 172 g/mol. The molecule has 1 rings (SSSR count). The van der Waals surface area contributed by atoms with Crippen LogP contribution >= 0.6 is 0 Å². The SMILES string of the molecule is CC(C)C(N)C(O)N1CCCC1.